The molecule has 29 heavy (non-hydrogen) atoms. The van der Waals surface area contributed by atoms with Gasteiger partial charge >= 0.3 is 0 Å². The van der Waals surface area contributed by atoms with Crippen LogP contribution in [0.1, 0.15) is 28.8 Å². The highest BCUT2D eigenvalue weighted by Gasteiger charge is 2.16. The molecule has 3 nitrogen and oxygen atoms in total. The second kappa shape index (κ2) is 11.2. The van der Waals surface area contributed by atoms with Gasteiger partial charge in [0.2, 0.25) is 0 Å². The maximum atomic E-state index is 6.06. The molecule has 2 N–H and O–H groups in total. The maximum Gasteiger partial charge on any atom is 0.147 e. The number of benzene rings is 2. The predicted octanol–water partition coefficient (Wildman–Crippen LogP) is 6.75. The Hall–Kier alpha value is -0.570. The van der Waals surface area contributed by atoms with E-state index in [-0.39, 0.29) is 0 Å². The Morgan fingerprint density at radius 3 is 2.55 bits per heavy atom. The number of rotatable bonds is 5. The van der Waals surface area contributed by atoms with E-state index in [2.05, 4.69) is 102 Å². The summed E-state index contributed by atoms with van der Waals surface area (Å²) in [5.41, 5.74) is 6.83. The number of hydrogen-bond donors (Lipinski definition) is 2. The maximum absolute atomic E-state index is 6.06. The van der Waals surface area contributed by atoms with Crippen LogP contribution < -0.4 is 10.1 Å². The SMILES string of the molecule is CI.Cc1cc(Br)c(OCCCc2cccc3[nH]c4c(c23)CCNCC4)c(Br)c1. The van der Waals surface area contributed by atoms with Crippen molar-refractivity contribution in [3.63, 3.8) is 0 Å². The van der Waals surface area contributed by atoms with Crippen LogP contribution in [0.15, 0.2) is 39.3 Å². The van der Waals surface area contributed by atoms with Gasteiger partial charge in [-0.3, -0.25) is 0 Å². The van der Waals surface area contributed by atoms with Crippen molar-refractivity contribution >= 4 is 65.4 Å². The molecule has 6 heteroatoms. The Bertz CT molecular complexity index is 948. The van der Waals surface area contributed by atoms with Gasteiger partial charge in [0.1, 0.15) is 5.75 Å². The molecule has 0 spiro atoms. The molecule has 1 aliphatic rings. The molecule has 0 amide bonds. The average Bonchev–Trinajstić information content (AvgIpc) is 2.90. The molecule has 2 aromatic carbocycles. The van der Waals surface area contributed by atoms with Gasteiger partial charge in [-0.25, -0.2) is 0 Å². The molecule has 0 radical (unpaired) electrons. The van der Waals surface area contributed by atoms with Crippen molar-refractivity contribution in [2.45, 2.75) is 32.6 Å². The van der Waals surface area contributed by atoms with Crippen molar-refractivity contribution in [1.82, 2.24) is 10.3 Å². The first kappa shape index (κ1) is 23.1. The zero-order valence-electron chi connectivity index (χ0n) is 16.9. The number of halogens is 3. The molecule has 1 aromatic heterocycles. The number of hydrogen-bond acceptors (Lipinski definition) is 2. The highest BCUT2D eigenvalue weighted by molar-refractivity contribution is 14.1. The van der Waals surface area contributed by atoms with Crippen LogP contribution in [-0.2, 0) is 19.3 Å². The van der Waals surface area contributed by atoms with Crippen molar-refractivity contribution in [2.75, 3.05) is 24.6 Å². The third-order valence-corrected chi connectivity index (χ3v) is 6.36. The lowest BCUT2D eigenvalue weighted by Gasteiger charge is -2.12. The van der Waals surface area contributed by atoms with Crippen LogP contribution in [0.5, 0.6) is 5.75 Å². The largest absolute Gasteiger partial charge is 0.491 e. The van der Waals surface area contributed by atoms with Gasteiger partial charge < -0.3 is 15.0 Å². The summed E-state index contributed by atoms with van der Waals surface area (Å²) in [7, 11) is 0. The van der Waals surface area contributed by atoms with Crippen LogP contribution in [0, 0.1) is 6.92 Å². The van der Waals surface area contributed by atoms with Gasteiger partial charge in [-0.15, -0.1) is 0 Å². The monoisotopic (exact) mass is 632 g/mol. The molecule has 0 unspecified atom stereocenters. The lowest BCUT2D eigenvalue weighted by molar-refractivity contribution is 0.307. The molecule has 0 saturated carbocycles. The minimum Gasteiger partial charge on any atom is -0.491 e. The number of aromatic amines is 1. The molecular weight excluding hydrogens is 607 g/mol. The molecule has 0 fully saturated rings. The summed E-state index contributed by atoms with van der Waals surface area (Å²) in [6.45, 7) is 4.90. The summed E-state index contributed by atoms with van der Waals surface area (Å²) >= 11 is 9.36. The second-order valence-electron chi connectivity index (χ2n) is 7.18. The third kappa shape index (κ3) is 5.57. The van der Waals surface area contributed by atoms with Crippen molar-refractivity contribution in [2.24, 2.45) is 0 Å². The fourth-order valence-electron chi connectivity index (χ4n) is 3.96. The van der Waals surface area contributed by atoms with E-state index < -0.39 is 0 Å². The van der Waals surface area contributed by atoms with Crippen molar-refractivity contribution in [3.8, 4) is 5.75 Å². The van der Waals surface area contributed by atoms with E-state index in [1.807, 2.05) is 4.93 Å². The van der Waals surface area contributed by atoms with Crippen LogP contribution >= 0.6 is 54.5 Å². The molecule has 2 heterocycles. The summed E-state index contributed by atoms with van der Waals surface area (Å²) in [6, 6.07) is 10.8. The highest BCUT2D eigenvalue weighted by atomic mass is 127. The zero-order valence-corrected chi connectivity index (χ0v) is 22.2. The van der Waals surface area contributed by atoms with Gasteiger partial charge in [0.05, 0.1) is 15.6 Å². The molecule has 0 aliphatic carbocycles. The van der Waals surface area contributed by atoms with E-state index in [9.17, 15) is 0 Å². The number of nitrogens with one attached hydrogen (secondary N) is 2. The number of aromatic nitrogens is 1. The number of ether oxygens (including phenoxy) is 1. The molecular formula is C23H27Br2IN2O. The lowest BCUT2D eigenvalue weighted by Crippen LogP contribution is -2.16. The molecule has 0 bridgehead atoms. The van der Waals surface area contributed by atoms with Gasteiger partial charge in [-0.1, -0.05) is 34.7 Å². The molecule has 1 aliphatic heterocycles. The van der Waals surface area contributed by atoms with E-state index in [0.717, 1.165) is 53.5 Å². The normalized spacial score (nSPS) is 13.4. The van der Waals surface area contributed by atoms with Gasteiger partial charge in [0.25, 0.3) is 0 Å². The van der Waals surface area contributed by atoms with E-state index >= 15 is 0 Å². The average molecular weight is 634 g/mol. The molecule has 0 atom stereocenters. The van der Waals surface area contributed by atoms with Crippen LogP contribution in [0.25, 0.3) is 10.9 Å². The predicted molar refractivity (Wildman–Crippen MR) is 139 cm³/mol. The Morgan fingerprint density at radius 2 is 1.79 bits per heavy atom. The first-order chi connectivity index (χ1) is 14.1. The van der Waals surface area contributed by atoms with Crippen LogP contribution in [0.2, 0.25) is 0 Å². The minimum atomic E-state index is 0.699. The number of aryl methyl sites for hydroxylation is 2. The third-order valence-electron chi connectivity index (χ3n) is 5.19. The quantitative estimate of drug-likeness (QED) is 0.185. The van der Waals surface area contributed by atoms with E-state index in [0.29, 0.717) is 6.61 Å². The number of H-pyrrole nitrogens is 1. The smallest absolute Gasteiger partial charge is 0.147 e. The fourth-order valence-corrected chi connectivity index (χ4v) is 5.60. The Balaban J connectivity index is 0.00000117. The van der Waals surface area contributed by atoms with Crippen LogP contribution in [-0.4, -0.2) is 29.6 Å². The summed E-state index contributed by atoms with van der Waals surface area (Å²) in [5, 5.41) is 4.94. The summed E-state index contributed by atoms with van der Waals surface area (Å²) in [4.78, 5) is 5.62. The summed E-state index contributed by atoms with van der Waals surface area (Å²) in [5.74, 6) is 0.889. The van der Waals surface area contributed by atoms with E-state index in [4.69, 9.17) is 4.74 Å². The second-order valence-corrected chi connectivity index (χ2v) is 8.89. The first-order valence-electron chi connectivity index (χ1n) is 9.92. The minimum absolute atomic E-state index is 0.699. The Morgan fingerprint density at radius 1 is 1.07 bits per heavy atom. The van der Waals surface area contributed by atoms with E-state index in [1.165, 1.54) is 33.3 Å². The van der Waals surface area contributed by atoms with Crippen molar-refractivity contribution in [1.29, 1.82) is 0 Å². The van der Waals surface area contributed by atoms with Crippen LogP contribution in [0.3, 0.4) is 0 Å². The molecule has 0 saturated heterocycles. The Labute approximate surface area is 203 Å². The standard InChI is InChI=1S/C22H24Br2N2O.CH3I/c1-14-12-17(23)22(18(24)13-14)27-11-3-5-15-4-2-6-20-21(15)16-7-9-25-10-8-19(16)26-20;1-2/h2,4,6,12-13,25-26H,3,5,7-11H2,1H3;1H3. The van der Waals surface area contributed by atoms with Crippen molar-refractivity contribution < 1.29 is 4.74 Å². The highest BCUT2D eigenvalue weighted by Crippen LogP contribution is 2.35. The Kier molecular flexibility index (Phi) is 8.89. The number of fused-ring (bicyclic) bond motifs is 3. The molecule has 156 valence electrons. The zero-order chi connectivity index (χ0) is 20.8. The van der Waals surface area contributed by atoms with Gasteiger partial charge in [0, 0.05) is 29.6 Å². The number of alkyl halides is 1. The summed E-state index contributed by atoms with van der Waals surface area (Å²) in [6.07, 6.45) is 4.20. The van der Waals surface area contributed by atoms with Crippen LogP contribution in [0.4, 0.5) is 0 Å². The van der Waals surface area contributed by atoms with Gasteiger partial charge in [0.15, 0.2) is 0 Å². The molecule has 4 rings (SSSR count). The van der Waals surface area contributed by atoms with Gasteiger partial charge in [-0.2, -0.15) is 0 Å². The van der Waals surface area contributed by atoms with Gasteiger partial charge in [-0.05, 0) is 104 Å². The topological polar surface area (TPSA) is 37.0 Å². The van der Waals surface area contributed by atoms with Crippen molar-refractivity contribution in [3.05, 3.63) is 61.7 Å². The fraction of sp³-hybridized carbons (Fsp3) is 0.391. The summed E-state index contributed by atoms with van der Waals surface area (Å²) < 4.78 is 8.06. The lowest BCUT2D eigenvalue weighted by atomic mass is 9.99. The molecule has 3 aromatic rings. The van der Waals surface area contributed by atoms with E-state index in [1.54, 1.807) is 0 Å². The first-order valence-corrected chi connectivity index (χ1v) is 13.7.